The van der Waals surface area contributed by atoms with Gasteiger partial charge in [-0.2, -0.15) is 5.10 Å². The molecule has 1 aromatic heterocycles. The van der Waals surface area contributed by atoms with Crippen LogP contribution in [-0.4, -0.2) is 52.2 Å². The lowest BCUT2D eigenvalue weighted by Crippen LogP contribution is -2.43. The monoisotopic (exact) mass is 472 g/mol. The molecule has 9 heteroatoms. The van der Waals surface area contributed by atoms with Gasteiger partial charge in [-0.3, -0.25) is 14.4 Å². The fraction of sp³-hybridized carbons (Fsp3) is 0.520. The van der Waals surface area contributed by atoms with Gasteiger partial charge in [0.05, 0.1) is 23.9 Å². The Morgan fingerprint density at radius 2 is 1.88 bits per heavy atom. The number of amides is 2. The number of anilines is 1. The van der Waals surface area contributed by atoms with E-state index >= 15 is 0 Å². The van der Waals surface area contributed by atoms with Crippen LogP contribution in [0.25, 0.3) is 5.69 Å². The summed E-state index contributed by atoms with van der Waals surface area (Å²) in [4.78, 5) is 39.0. The average molecular weight is 473 g/mol. The molecule has 0 bridgehead atoms. The number of benzene rings is 1. The van der Waals surface area contributed by atoms with Crippen molar-refractivity contribution in [3.63, 3.8) is 0 Å². The number of aromatic nitrogens is 2. The number of nitrogens with zero attached hydrogens (tertiary/aromatic N) is 3. The van der Waals surface area contributed by atoms with Crippen molar-refractivity contribution in [3.8, 4) is 5.69 Å². The van der Waals surface area contributed by atoms with Gasteiger partial charge in [-0.25, -0.2) is 9.07 Å². The van der Waals surface area contributed by atoms with Crippen molar-refractivity contribution in [2.45, 2.75) is 58.8 Å². The van der Waals surface area contributed by atoms with E-state index in [1.165, 1.54) is 12.1 Å². The summed E-state index contributed by atoms with van der Waals surface area (Å²) in [7, 11) is 0. The first-order valence-electron chi connectivity index (χ1n) is 11.7. The molecule has 2 aromatic rings. The molecule has 0 aliphatic carbocycles. The number of carbonyl (C=O) groups is 3. The van der Waals surface area contributed by atoms with Crippen LogP contribution in [0.3, 0.4) is 0 Å². The Morgan fingerprint density at radius 3 is 2.53 bits per heavy atom. The number of hydrogen-bond donors (Lipinski definition) is 1. The van der Waals surface area contributed by atoms with Crippen LogP contribution < -0.4 is 5.32 Å². The Balaban J connectivity index is 1.64. The van der Waals surface area contributed by atoms with E-state index in [1.807, 2.05) is 20.8 Å². The summed E-state index contributed by atoms with van der Waals surface area (Å²) < 4.78 is 20.0. The number of hydrogen-bond acceptors (Lipinski definition) is 5. The minimum Gasteiger partial charge on any atom is -0.466 e. The lowest BCUT2D eigenvalue weighted by Gasteiger charge is -2.31. The lowest BCUT2D eigenvalue weighted by molar-refractivity contribution is -0.151. The highest BCUT2D eigenvalue weighted by atomic mass is 19.1. The van der Waals surface area contributed by atoms with E-state index in [0.29, 0.717) is 37.6 Å². The Hall–Kier alpha value is -3.23. The number of nitrogens with one attached hydrogen (secondary N) is 1. The fourth-order valence-corrected chi connectivity index (χ4v) is 3.86. The molecule has 2 heterocycles. The molecule has 34 heavy (non-hydrogen) atoms. The summed E-state index contributed by atoms with van der Waals surface area (Å²) in [6.07, 6.45) is 1.47. The van der Waals surface area contributed by atoms with Crippen LogP contribution in [-0.2, 0) is 24.5 Å². The molecule has 1 aromatic carbocycles. The second-order valence-electron chi connectivity index (χ2n) is 9.53. The molecular weight excluding hydrogens is 439 g/mol. The number of carbonyl (C=O) groups excluding carboxylic acids is 3. The van der Waals surface area contributed by atoms with Gasteiger partial charge in [0.25, 0.3) is 0 Å². The zero-order valence-electron chi connectivity index (χ0n) is 20.3. The van der Waals surface area contributed by atoms with Gasteiger partial charge < -0.3 is 15.0 Å². The molecule has 1 fully saturated rings. The van der Waals surface area contributed by atoms with E-state index in [4.69, 9.17) is 4.74 Å². The second-order valence-corrected chi connectivity index (χ2v) is 9.53. The van der Waals surface area contributed by atoms with Crippen LogP contribution in [0, 0.1) is 11.7 Å². The van der Waals surface area contributed by atoms with Crippen LogP contribution in [0.4, 0.5) is 10.2 Å². The Labute approximate surface area is 199 Å². The van der Waals surface area contributed by atoms with Crippen LogP contribution in [0.5, 0.6) is 0 Å². The minimum atomic E-state index is -0.362. The van der Waals surface area contributed by atoms with Crippen molar-refractivity contribution >= 4 is 23.6 Å². The van der Waals surface area contributed by atoms with Crippen LogP contribution in [0.2, 0.25) is 0 Å². The third-order valence-electron chi connectivity index (χ3n) is 5.78. The number of piperidine rings is 1. The van der Waals surface area contributed by atoms with E-state index in [1.54, 1.807) is 34.7 Å². The highest BCUT2D eigenvalue weighted by Crippen LogP contribution is 2.27. The van der Waals surface area contributed by atoms with Crippen LogP contribution >= 0.6 is 0 Å². The van der Waals surface area contributed by atoms with Gasteiger partial charge in [-0.05, 0) is 44.0 Å². The third kappa shape index (κ3) is 6.42. The topological polar surface area (TPSA) is 93.5 Å². The molecule has 1 saturated heterocycles. The first-order valence-corrected chi connectivity index (χ1v) is 11.7. The summed E-state index contributed by atoms with van der Waals surface area (Å²) in [5.41, 5.74) is 1.12. The molecule has 0 radical (unpaired) electrons. The number of ether oxygens (including phenoxy) is 1. The predicted molar refractivity (Wildman–Crippen MR) is 126 cm³/mol. The predicted octanol–water partition coefficient (Wildman–Crippen LogP) is 3.83. The van der Waals surface area contributed by atoms with Crippen molar-refractivity contribution in [2.75, 3.05) is 25.0 Å². The molecule has 8 nitrogen and oxygen atoms in total. The molecule has 0 unspecified atom stereocenters. The number of esters is 1. The molecule has 0 spiro atoms. The lowest BCUT2D eigenvalue weighted by atomic mass is 9.92. The maximum Gasteiger partial charge on any atom is 0.310 e. The van der Waals surface area contributed by atoms with Gasteiger partial charge in [0.1, 0.15) is 11.6 Å². The minimum absolute atomic E-state index is 0.00114. The van der Waals surface area contributed by atoms with Gasteiger partial charge in [0.2, 0.25) is 11.8 Å². The van der Waals surface area contributed by atoms with Crippen molar-refractivity contribution in [1.82, 2.24) is 14.7 Å². The SMILES string of the molecule is CCOC(=O)[C@H]1CCCN(C(=O)CCC(=O)Nc2cc(C(C)(C)C)nn2-c2ccc(F)cc2)C1. The number of likely N-dealkylation sites (tertiary alicyclic amines) is 1. The van der Waals surface area contributed by atoms with Crippen LogP contribution in [0.1, 0.15) is 59.1 Å². The summed E-state index contributed by atoms with van der Waals surface area (Å²) >= 11 is 0. The first kappa shape index (κ1) is 25.4. The van der Waals surface area contributed by atoms with E-state index in [2.05, 4.69) is 10.4 Å². The summed E-state index contributed by atoms with van der Waals surface area (Å²) in [5, 5.41) is 7.44. The smallest absolute Gasteiger partial charge is 0.310 e. The molecule has 1 atom stereocenters. The molecule has 1 aliphatic rings. The van der Waals surface area contributed by atoms with Crippen molar-refractivity contribution in [2.24, 2.45) is 5.92 Å². The molecule has 2 amide bonds. The zero-order chi connectivity index (χ0) is 24.9. The summed E-state index contributed by atoms with van der Waals surface area (Å²) in [5.74, 6) is -0.982. The van der Waals surface area contributed by atoms with Crippen molar-refractivity contribution < 1.29 is 23.5 Å². The van der Waals surface area contributed by atoms with Crippen molar-refractivity contribution in [3.05, 3.63) is 41.8 Å². The Bertz CT molecular complexity index is 1030. The molecule has 1 aliphatic heterocycles. The number of rotatable bonds is 7. The fourth-order valence-electron chi connectivity index (χ4n) is 3.86. The van der Waals surface area contributed by atoms with Gasteiger partial charge in [-0.15, -0.1) is 0 Å². The Kier molecular flexibility index (Phi) is 8.06. The molecule has 1 N–H and O–H groups in total. The summed E-state index contributed by atoms with van der Waals surface area (Å²) in [6, 6.07) is 7.63. The maximum absolute atomic E-state index is 13.4. The summed E-state index contributed by atoms with van der Waals surface area (Å²) in [6.45, 7) is 9.00. The van der Waals surface area contributed by atoms with E-state index in [-0.39, 0.29) is 47.8 Å². The highest BCUT2D eigenvalue weighted by Gasteiger charge is 2.29. The van der Waals surface area contributed by atoms with Gasteiger partial charge in [0.15, 0.2) is 0 Å². The van der Waals surface area contributed by atoms with Gasteiger partial charge in [0, 0.05) is 37.4 Å². The Morgan fingerprint density at radius 1 is 1.18 bits per heavy atom. The molecule has 184 valence electrons. The maximum atomic E-state index is 13.4. The zero-order valence-corrected chi connectivity index (χ0v) is 20.3. The quantitative estimate of drug-likeness (QED) is 0.618. The normalized spacial score (nSPS) is 16.3. The largest absolute Gasteiger partial charge is 0.466 e. The molecular formula is C25H33FN4O4. The molecule has 3 rings (SSSR count). The van der Waals surface area contributed by atoms with Gasteiger partial charge in [-0.1, -0.05) is 20.8 Å². The van der Waals surface area contributed by atoms with Crippen LogP contribution in [0.15, 0.2) is 30.3 Å². The average Bonchev–Trinajstić information content (AvgIpc) is 3.22. The third-order valence-corrected chi connectivity index (χ3v) is 5.78. The van der Waals surface area contributed by atoms with E-state index in [9.17, 15) is 18.8 Å². The molecule has 0 saturated carbocycles. The first-order chi connectivity index (χ1) is 16.1. The highest BCUT2D eigenvalue weighted by molar-refractivity contribution is 5.93. The van der Waals surface area contributed by atoms with E-state index < -0.39 is 0 Å². The number of halogens is 1. The standard InChI is InChI=1S/C25H33FN4O4/c1-5-34-24(33)17-7-6-14-29(16-17)23(32)13-12-22(31)27-21-15-20(25(2,3)4)28-30(21)19-10-8-18(26)9-11-19/h8-11,15,17H,5-7,12-14,16H2,1-4H3,(H,27,31)/t17-/m0/s1. The van der Waals surface area contributed by atoms with E-state index in [0.717, 1.165) is 12.1 Å². The van der Waals surface area contributed by atoms with Crippen molar-refractivity contribution in [1.29, 1.82) is 0 Å². The van der Waals surface area contributed by atoms with Gasteiger partial charge >= 0.3 is 5.97 Å². The second kappa shape index (κ2) is 10.8.